The second-order valence-electron chi connectivity index (χ2n) is 4.28. The molecule has 1 aromatic rings. The van der Waals surface area contributed by atoms with Gasteiger partial charge in [0.05, 0.1) is 17.7 Å². The summed E-state index contributed by atoms with van der Waals surface area (Å²) in [7, 11) is 1.80. The zero-order valence-electron chi connectivity index (χ0n) is 10.2. The molecule has 5 heteroatoms. The van der Waals surface area contributed by atoms with Gasteiger partial charge in [-0.15, -0.1) is 11.8 Å². The predicted octanol–water partition coefficient (Wildman–Crippen LogP) is 1.18. The topological polar surface area (TPSA) is 56.1 Å². The summed E-state index contributed by atoms with van der Waals surface area (Å²) >= 11 is 1.74. The molecule has 0 aliphatic carbocycles. The lowest BCUT2D eigenvalue weighted by Gasteiger charge is -2.20. The lowest BCUT2D eigenvalue weighted by molar-refractivity contribution is -0.131. The van der Waals surface area contributed by atoms with Crippen molar-refractivity contribution in [3.63, 3.8) is 0 Å². The summed E-state index contributed by atoms with van der Waals surface area (Å²) in [5, 5.41) is 12.0. The maximum absolute atomic E-state index is 12.1. The highest BCUT2D eigenvalue weighted by Gasteiger charge is 2.25. The molecule has 0 spiro atoms. The summed E-state index contributed by atoms with van der Waals surface area (Å²) in [5.74, 6) is 1.79. The normalized spacial score (nSPS) is 18.3. The Morgan fingerprint density at radius 3 is 3.17 bits per heavy atom. The van der Waals surface area contributed by atoms with Crippen molar-refractivity contribution in [1.29, 1.82) is 5.26 Å². The fourth-order valence-electron chi connectivity index (χ4n) is 1.91. The van der Waals surface area contributed by atoms with Gasteiger partial charge in [-0.3, -0.25) is 10.1 Å². The molecule has 94 valence electrons. The first-order valence-corrected chi connectivity index (χ1v) is 6.91. The summed E-state index contributed by atoms with van der Waals surface area (Å²) in [6, 6.07) is 9.40. The first-order chi connectivity index (χ1) is 8.70. The smallest absolute Gasteiger partial charge is 0.240 e. The highest BCUT2D eigenvalue weighted by molar-refractivity contribution is 7.99. The van der Waals surface area contributed by atoms with Gasteiger partial charge in [0, 0.05) is 25.2 Å². The number of nitriles is 1. The minimum Gasteiger partial charge on any atom is -0.340 e. The summed E-state index contributed by atoms with van der Waals surface area (Å²) in [6.07, 6.45) is 0. The van der Waals surface area contributed by atoms with Crippen LogP contribution >= 0.6 is 11.8 Å². The summed E-state index contributed by atoms with van der Waals surface area (Å²) in [5.41, 5.74) is 1.61. The molecule has 1 amide bonds. The fraction of sp³-hybridized carbons (Fsp3) is 0.385. The van der Waals surface area contributed by atoms with Gasteiger partial charge >= 0.3 is 0 Å². The molecule has 1 N–H and O–H groups in total. The third kappa shape index (κ3) is 3.03. The van der Waals surface area contributed by atoms with E-state index < -0.39 is 0 Å². The molecular formula is C13H15N3OS. The molecule has 0 saturated carbocycles. The first kappa shape index (κ1) is 12.9. The van der Waals surface area contributed by atoms with Crippen molar-refractivity contribution in [3.8, 4) is 6.07 Å². The van der Waals surface area contributed by atoms with Crippen LogP contribution in [0.1, 0.15) is 11.1 Å². The van der Waals surface area contributed by atoms with Gasteiger partial charge in [0.1, 0.15) is 0 Å². The number of nitrogens with one attached hydrogen (secondary N) is 1. The molecule has 0 aromatic heterocycles. The van der Waals surface area contributed by atoms with E-state index in [2.05, 4.69) is 11.4 Å². The molecule has 1 aromatic carbocycles. The maximum atomic E-state index is 12.1. The molecule has 1 fully saturated rings. The van der Waals surface area contributed by atoms with Gasteiger partial charge in [0.2, 0.25) is 5.91 Å². The number of nitrogens with zero attached hydrogens (tertiary/aromatic N) is 2. The van der Waals surface area contributed by atoms with Crippen LogP contribution in [0.2, 0.25) is 0 Å². The van der Waals surface area contributed by atoms with Gasteiger partial charge < -0.3 is 4.90 Å². The second-order valence-corrected chi connectivity index (χ2v) is 5.31. The summed E-state index contributed by atoms with van der Waals surface area (Å²) in [4.78, 5) is 13.8. The number of hydrogen-bond donors (Lipinski definition) is 1. The van der Waals surface area contributed by atoms with E-state index in [1.165, 1.54) is 0 Å². The zero-order valence-corrected chi connectivity index (χ0v) is 11.0. The number of likely N-dealkylation sites (N-methyl/N-ethyl adjacent to an activating group) is 1. The third-order valence-electron chi connectivity index (χ3n) is 2.87. The Morgan fingerprint density at radius 1 is 1.67 bits per heavy atom. The van der Waals surface area contributed by atoms with Crippen LogP contribution in [0, 0.1) is 11.3 Å². The van der Waals surface area contributed by atoms with Crippen LogP contribution in [0.25, 0.3) is 0 Å². The molecule has 18 heavy (non-hydrogen) atoms. The molecule has 0 radical (unpaired) electrons. The number of carbonyl (C=O) groups is 1. The maximum Gasteiger partial charge on any atom is 0.240 e. The Hall–Kier alpha value is -1.51. The minimum absolute atomic E-state index is 0.0702. The molecule has 1 aliphatic rings. The lowest BCUT2D eigenvalue weighted by Crippen LogP contribution is -2.42. The molecule has 1 heterocycles. The van der Waals surface area contributed by atoms with E-state index in [0.29, 0.717) is 12.1 Å². The fourth-order valence-corrected chi connectivity index (χ4v) is 2.84. The van der Waals surface area contributed by atoms with Crippen molar-refractivity contribution in [1.82, 2.24) is 10.2 Å². The van der Waals surface area contributed by atoms with Crippen LogP contribution in [0.3, 0.4) is 0 Å². The molecule has 1 saturated heterocycles. The van der Waals surface area contributed by atoms with Crippen molar-refractivity contribution in [2.24, 2.45) is 0 Å². The average molecular weight is 261 g/mol. The molecule has 1 unspecified atom stereocenters. The SMILES string of the molecule is CN(Cc1cccc(C#N)c1)C(=O)C1CSCN1. The molecule has 1 aliphatic heterocycles. The quantitative estimate of drug-likeness (QED) is 0.887. The average Bonchev–Trinajstić information content (AvgIpc) is 2.92. The number of benzene rings is 1. The summed E-state index contributed by atoms with van der Waals surface area (Å²) in [6.45, 7) is 0.539. The molecule has 1 atom stereocenters. The number of amides is 1. The van der Waals surface area contributed by atoms with E-state index in [0.717, 1.165) is 17.2 Å². The Labute approximate surface area is 111 Å². The first-order valence-electron chi connectivity index (χ1n) is 5.76. The summed E-state index contributed by atoms with van der Waals surface area (Å²) < 4.78 is 0. The second kappa shape index (κ2) is 5.89. The Balaban J connectivity index is 1.99. The number of carbonyl (C=O) groups excluding carboxylic acids is 1. The molecule has 4 nitrogen and oxygen atoms in total. The van der Waals surface area contributed by atoms with Gasteiger partial charge in [-0.25, -0.2) is 0 Å². The lowest BCUT2D eigenvalue weighted by atomic mass is 10.1. The van der Waals surface area contributed by atoms with Crippen molar-refractivity contribution >= 4 is 17.7 Å². The van der Waals surface area contributed by atoms with Crippen LogP contribution in [-0.2, 0) is 11.3 Å². The van der Waals surface area contributed by atoms with Gasteiger partial charge in [-0.1, -0.05) is 12.1 Å². The van der Waals surface area contributed by atoms with E-state index in [4.69, 9.17) is 5.26 Å². The van der Waals surface area contributed by atoms with E-state index in [1.807, 2.05) is 18.2 Å². The van der Waals surface area contributed by atoms with Gasteiger partial charge in [0.25, 0.3) is 0 Å². The zero-order chi connectivity index (χ0) is 13.0. The number of hydrogen-bond acceptors (Lipinski definition) is 4. The van der Waals surface area contributed by atoms with Crippen LogP contribution in [0.5, 0.6) is 0 Å². The number of rotatable bonds is 3. The largest absolute Gasteiger partial charge is 0.340 e. The minimum atomic E-state index is -0.0702. The van der Waals surface area contributed by atoms with Gasteiger partial charge in [-0.05, 0) is 17.7 Å². The van der Waals surface area contributed by atoms with Crippen LogP contribution < -0.4 is 5.32 Å². The third-order valence-corrected chi connectivity index (χ3v) is 3.81. The molecule has 0 bridgehead atoms. The van der Waals surface area contributed by atoms with Crippen LogP contribution in [0.15, 0.2) is 24.3 Å². The van der Waals surface area contributed by atoms with Crippen LogP contribution in [-0.4, -0.2) is 35.5 Å². The predicted molar refractivity (Wildman–Crippen MR) is 71.9 cm³/mol. The van der Waals surface area contributed by atoms with Crippen molar-refractivity contribution in [3.05, 3.63) is 35.4 Å². The monoisotopic (exact) mass is 261 g/mol. The van der Waals surface area contributed by atoms with Crippen molar-refractivity contribution < 1.29 is 4.79 Å². The standard InChI is InChI=1S/C13H15N3OS/c1-16(13(17)12-8-18-9-15-12)7-11-4-2-3-10(5-11)6-14/h2-5,12,15H,7-9H2,1H3. The van der Waals surface area contributed by atoms with E-state index in [-0.39, 0.29) is 11.9 Å². The highest BCUT2D eigenvalue weighted by Crippen LogP contribution is 2.13. The van der Waals surface area contributed by atoms with Gasteiger partial charge in [-0.2, -0.15) is 5.26 Å². The Morgan fingerprint density at radius 2 is 2.50 bits per heavy atom. The van der Waals surface area contributed by atoms with Crippen molar-refractivity contribution in [2.75, 3.05) is 18.7 Å². The van der Waals surface area contributed by atoms with Crippen molar-refractivity contribution in [2.45, 2.75) is 12.6 Å². The molecular weight excluding hydrogens is 246 g/mol. The highest BCUT2D eigenvalue weighted by atomic mass is 32.2. The Bertz CT molecular complexity index is 477. The van der Waals surface area contributed by atoms with E-state index in [9.17, 15) is 4.79 Å². The molecule has 2 rings (SSSR count). The Kier molecular flexibility index (Phi) is 4.24. The number of thioether (sulfide) groups is 1. The van der Waals surface area contributed by atoms with E-state index >= 15 is 0 Å². The van der Waals surface area contributed by atoms with Gasteiger partial charge in [0.15, 0.2) is 0 Å². The van der Waals surface area contributed by atoms with Crippen LogP contribution in [0.4, 0.5) is 0 Å². The van der Waals surface area contributed by atoms with E-state index in [1.54, 1.807) is 29.8 Å².